The van der Waals surface area contributed by atoms with Crippen LogP contribution in [-0.2, 0) is 33.1 Å². The number of benzene rings is 2. The predicted octanol–water partition coefficient (Wildman–Crippen LogP) is 8.66. The van der Waals surface area contributed by atoms with Crippen LogP contribution in [0.3, 0.4) is 0 Å². The standard InChI is InChI=1S/C36H46NO7PS/c1-5-41-45(39,42-6-2)44-32(35(3,40-4)34(38)43-37-27-19-18-26-33(37)46)25-17-9-7-8-12-24-31-28-36(31,29-20-13-10-14-21-29)30-22-15-11-16-23-30/h10-16,18-24,26-27,31-32H,5-9,17,25,28H2,1-4H3/b24-12+. The van der Waals surface area contributed by atoms with Crippen LogP contribution in [0, 0.1) is 10.6 Å². The van der Waals surface area contributed by atoms with Gasteiger partial charge >= 0.3 is 13.8 Å². The molecule has 4 rings (SSSR count). The lowest BCUT2D eigenvalue weighted by Crippen LogP contribution is -2.53. The second kappa shape index (κ2) is 16.8. The van der Waals surface area contributed by atoms with Gasteiger partial charge in [-0.25, -0.2) is 9.36 Å². The molecule has 2 aromatic carbocycles. The number of rotatable bonds is 19. The maximum Gasteiger partial charge on any atom is 0.475 e. The number of allylic oxidation sites excluding steroid dienone is 2. The summed E-state index contributed by atoms with van der Waals surface area (Å²) in [5, 5.41) is 0. The molecule has 0 amide bonds. The van der Waals surface area contributed by atoms with Gasteiger partial charge in [-0.3, -0.25) is 13.6 Å². The van der Waals surface area contributed by atoms with Crippen molar-refractivity contribution in [3.63, 3.8) is 0 Å². The number of carbonyl (C=O) groups is 1. The van der Waals surface area contributed by atoms with Gasteiger partial charge in [0.25, 0.3) is 0 Å². The average Bonchev–Trinajstić information content (AvgIpc) is 3.80. The topological polar surface area (TPSA) is 85.2 Å². The highest BCUT2D eigenvalue weighted by atomic mass is 32.1. The Balaban J connectivity index is 1.39. The molecule has 0 spiro atoms. The Morgan fingerprint density at radius 1 is 0.978 bits per heavy atom. The van der Waals surface area contributed by atoms with Crippen molar-refractivity contribution in [1.82, 2.24) is 4.73 Å². The fourth-order valence-corrected chi connectivity index (χ4v) is 7.49. The third-order valence-electron chi connectivity index (χ3n) is 8.54. The first-order valence-corrected chi connectivity index (χ1v) is 17.9. The molecule has 3 aromatic rings. The van der Waals surface area contributed by atoms with Crippen LogP contribution in [0.15, 0.2) is 97.2 Å². The van der Waals surface area contributed by atoms with Crippen molar-refractivity contribution in [2.45, 2.75) is 76.4 Å². The van der Waals surface area contributed by atoms with E-state index in [2.05, 4.69) is 72.8 Å². The summed E-state index contributed by atoms with van der Waals surface area (Å²) in [6.07, 6.45) is 10.1. The first kappa shape index (κ1) is 35.9. The van der Waals surface area contributed by atoms with Crippen LogP contribution in [0.25, 0.3) is 0 Å². The fourth-order valence-electron chi connectivity index (χ4n) is 5.86. The molecular formula is C36H46NO7PS. The van der Waals surface area contributed by atoms with E-state index in [4.69, 9.17) is 35.4 Å². The van der Waals surface area contributed by atoms with Crippen LogP contribution >= 0.6 is 20.0 Å². The molecule has 1 saturated carbocycles. The Morgan fingerprint density at radius 2 is 1.59 bits per heavy atom. The average molecular weight is 668 g/mol. The molecule has 248 valence electrons. The second-order valence-electron chi connectivity index (χ2n) is 11.5. The lowest BCUT2D eigenvalue weighted by molar-refractivity contribution is -0.181. The van der Waals surface area contributed by atoms with Gasteiger partial charge in [0.2, 0.25) is 0 Å². The SMILES string of the molecule is CCOP(=O)(OCC)OC(CCCCC/C=C/C1CC1(c1ccccc1)c1ccccc1)C(C)(OC)C(=O)On1ccccc1=S. The third-order valence-corrected chi connectivity index (χ3v) is 10.5. The van der Waals surface area contributed by atoms with Crippen molar-refractivity contribution in [2.75, 3.05) is 20.3 Å². The van der Waals surface area contributed by atoms with E-state index in [0.717, 1.165) is 25.7 Å². The van der Waals surface area contributed by atoms with E-state index in [0.29, 0.717) is 23.4 Å². The van der Waals surface area contributed by atoms with E-state index < -0.39 is 25.5 Å². The van der Waals surface area contributed by atoms with Crippen molar-refractivity contribution < 1.29 is 32.5 Å². The Labute approximate surface area is 278 Å². The van der Waals surface area contributed by atoms with Crippen LogP contribution in [0.1, 0.15) is 70.4 Å². The Bertz CT molecular complexity index is 1480. The van der Waals surface area contributed by atoms with E-state index in [-0.39, 0.29) is 18.6 Å². The van der Waals surface area contributed by atoms with E-state index in [1.165, 1.54) is 29.2 Å². The number of hydrogen-bond acceptors (Lipinski definition) is 8. The molecule has 10 heteroatoms. The summed E-state index contributed by atoms with van der Waals surface area (Å²) in [6.45, 7) is 5.17. The minimum absolute atomic E-state index is 0.0296. The molecule has 1 fully saturated rings. The van der Waals surface area contributed by atoms with Crippen LogP contribution in [0.5, 0.6) is 0 Å². The Hall–Kier alpha value is -2.91. The minimum atomic E-state index is -3.98. The first-order chi connectivity index (χ1) is 22.2. The van der Waals surface area contributed by atoms with E-state index in [1.54, 1.807) is 39.0 Å². The highest BCUT2D eigenvalue weighted by molar-refractivity contribution is 7.71. The monoisotopic (exact) mass is 667 g/mol. The van der Waals surface area contributed by atoms with Crippen LogP contribution in [0.2, 0.25) is 0 Å². The van der Waals surface area contributed by atoms with E-state index in [1.807, 2.05) is 0 Å². The lowest BCUT2D eigenvalue weighted by Gasteiger charge is -2.35. The van der Waals surface area contributed by atoms with Gasteiger partial charge in [-0.2, -0.15) is 4.73 Å². The molecule has 0 radical (unpaired) electrons. The van der Waals surface area contributed by atoms with Gasteiger partial charge in [0.15, 0.2) is 5.60 Å². The zero-order valence-electron chi connectivity index (χ0n) is 27.2. The summed E-state index contributed by atoms with van der Waals surface area (Å²) in [7, 11) is -2.59. The quantitative estimate of drug-likeness (QED) is 0.0544. The summed E-state index contributed by atoms with van der Waals surface area (Å²) in [4.78, 5) is 19.1. The molecular weight excluding hydrogens is 621 g/mol. The van der Waals surface area contributed by atoms with Gasteiger partial charge in [0.05, 0.1) is 13.2 Å². The van der Waals surface area contributed by atoms with Crippen molar-refractivity contribution in [3.05, 3.63) is 113 Å². The molecule has 3 unspecified atom stereocenters. The lowest BCUT2D eigenvalue weighted by atomic mass is 9.85. The molecule has 0 N–H and O–H groups in total. The molecule has 0 aliphatic heterocycles. The minimum Gasteiger partial charge on any atom is -0.364 e. The number of nitrogens with zero attached hydrogens (tertiary/aromatic N) is 1. The van der Waals surface area contributed by atoms with Crippen LogP contribution in [0.4, 0.5) is 0 Å². The van der Waals surface area contributed by atoms with E-state index >= 15 is 0 Å². The van der Waals surface area contributed by atoms with Gasteiger partial charge in [0.1, 0.15) is 10.7 Å². The molecule has 0 saturated heterocycles. The normalized spacial score (nSPS) is 17.8. The highest BCUT2D eigenvalue weighted by Crippen LogP contribution is 2.59. The Kier molecular flexibility index (Phi) is 13.1. The molecule has 1 aliphatic carbocycles. The number of methoxy groups -OCH3 is 1. The summed E-state index contributed by atoms with van der Waals surface area (Å²) >= 11 is 5.28. The summed E-state index contributed by atoms with van der Waals surface area (Å²) < 4.78 is 37.4. The number of aromatic nitrogens is 1. The van der Waals surface area contributed by atoms with Crippen molar-refractivity contribution in [3.8, 4) is 0 Å². The van der Waals surface area contributed by atoms with Gasteiger partial charge in [0, 0.05) is 18.7 Å². The summed E-state index contributed by atoms with van der Waals surface area (Å²) in [5.41, 5.74) is 1.11. The number of phosphoric ester groups is 1. The third kappa shape index (κ3) is 8.71. The predicted molar refractivity (Wildman–Crippen MR) is 182 cm³/mol. The van der Waals surface area contributed by atoms with Crippen molar-refractivity contribution in [1.29, 1.82) is 0 Å². The molecule has 0 bridgehead atoms. The van der Waals surface area contributed by atoms with Crippen molar-refractivity contribution >= 4 is 26.0 Å². The molecule has 8 nitrogen and oxygen atoms in total. The van der Waals surface area contributed by atoms with Gasteiger partial charge in [-0.1, -0.05) is 104 Å². The number of unbranched alkanes of at least 4 members (excludes halogenated alkanes) is 3. The largest absolute Gasteiger partial charge is 0.475 e. The fraction of sp³-hybridized carbons (Fsp3) is 0.444. The number of pyridine rings is 1. The zero-order valence-corrected chi connectivity index (χ0v) is 28.9. The Morgan fingerprint density at radius 3 is 2.15 bits per heavy atom. The molecule has 1 heterocycles. The van der Waals surface area contributed by atoms with Gasteiger partial charge < -0.3 is 9.57 Å². The van der Waals surface area contributed by atoms with Gasteiger partial charge in [-0.05, 0) is 75.6 Å². The maximum atomic E-state index is 13.5. The first-order valence-electron chi connectivity index (χ1n) is 16.0. The zero-order chi connectivity index (χ0) is 33.0. The number of ether oxygens (including phenoxy) is 1. The van der Waals surface area contributed by atoms with Crippen LogP contribution in [-0.4, -0.2) is 42.7 Å². The number of hydrogen-bond donors (Lipinski definition) is 0. The summed E-state index contributed by atoms with van der Waals surface area (Å²) in [5.74, 6) is -0.289. The van der Waals surface area contributed by atoms with Gasteiger partial charge in [-0.15, -0.1) is 0 Å². The number of phosphoric acid groups is 1. The molecule has 1 aliphatic rings. The second-order valence-corrected chi connectivity index (χ2v) is 13.6. The highest BCUT2D eigenvalue weighted by Gasteiger charge is 2.54. The number of carbonyl (C=O) groups excluding carboxylic acids is 1. The molecule has 46 heavy (non-hydrogen) atoms. The molecule has 3 atom stereocenters. The maximum absolute atomic E-state index is 13.5. The van der Waals surface area contributed by atoms with Crippen molar-refractivity contribution in [2.24, 2.45) is 5.92 Å². The summed E-state index contributed by atoms with van der Waals surface area (Å²) in [6, 6.07) is 26.6. The smallest absolute Gasteiger partial charge is 0.364 e. The van der Waals surface area contributed by atoms with Crippen LogP contribution < -0.4 is 4.84 Å². The molecule has 1 aromatic heterocycles. The van der Waals surface area contributed by atoms with E-state index in [9.17, 15) is 9.36 Å².